The molecule has 1 atom stereocenters. The Morgan fingerprint density at radius 1 is 1.09 bits per heavy atom. The van der Waals surface area contributed by atoms with Crippen molar-refractivity contribution in [3.63, 3.8) is 0 Å². The van der Waals surface area contributed by atoms with Gasteiger partial charge in [0.05, 0.1) is 6.61 Å². The third-order valence-corrected chi connectivity index (χ3v) is 6.15. The largest absolute Gasteiger partial charge is 0.494 e. The lowest BCUT2D eigenvalue weighted by Crippen LogP contribution is -2.50. The molecule has 1 fully saturated rings. The highest BCUT2D eigenvalue weighted by atomic mass is 35.5. The van der Waals surface area contributed by atoms with Gasteiger partial charge < -0.3 is 15.0 Å². The fraction of sp³-hybridized carbons (Fsp3) is 0.462. The lowest BCUT2D eigenvalue weighted by Gasteiger charge is -2.31. The van der Waals surface area contributed by atoms with E-state index in [2.05, 4.69) is 5.32 Å². The zero-order valence-electron chi connectivity index (χ0n) is 18.8. The van der Waals surface area contributed by atoms with Gasteiger partial charge in [-0.1, -0.05) is 61.7 Å². The molecule has 0 aliphatic heterocycles. The van der Waals surface area contributed by atoms with Gasteiger partial charge in [-0.15, -0.1) is 0 Å². The summed E-state index contributed by atoms with van der Waals surface area (Å²) in [6.45, 7) is 2.79. The molecule has 0 spiro atoms. The van der Waals surface area contributed by atoms with Crippen LogP contribution in [-0.4, -0.2) is 35.4 Å². The van der Waals surface area contributed by atoms with Crippen molar-refractivity contribution < 1.29 is 14.3 Å². The number of benzene rings is 2. The fourth-order valence-corrected chi connectivity index (χ4v) is 4.27. The summed E-state index contributed by atoms with van der Waals surface area (Å²) in [5, 5.41) is 3.82. The van der Waals surface area contributed by atoms with Crippen molar-refractivity contribution in [1.29, 1.82) is 0 Å². The summed E-state index contributed by atoms with van der Waals surface area (Å²) in [4.78, 5) is 28.0. The van der Waals surface area contributed by atoms with Gasteiger partial charge in [-0.2, -0.15) is 0 Å². The first-order valence-electron chi connectivity index (χ1n) is 11.6. The summed E-state index contributed by atoms with van der Waals surface area (Å²) in [5.74, 6) is 0.702. The van der Waals surface area contributed by atoms with Gasteiger partial charge in [0.1, 0.15) is 11.8 Å². The van der Waals surface area contributed by atoms with E-state index in [1.54, 1.807) is 4.90 Å². The number of carbonyl (C=O) groups excluding carboxylic acids is 2. The molecule has 0 aromatic heterocycles. The Balaban J connectivity index is 1.64. The van der Waals surface area contributed by atoms with E-state index in [9.17, 15) is 9.59 Å². The third-order valence-electron chi connectivity index (χ3n) is 5.90. The molecule has 0 saturated heterocycles. The van der Waals surface area contributed by atoms with Crippen LogP contribution in [0.4, 0.5) is 0 Å². The van der Waals surface area contributed by atoms with Crippen molar-refractivity contribution in [2.24, 2.45) is 0 Å². The Labute approximate surface area is 196 Å². The molecule has 1 N–H and O–H groups in total. The number of amides is 2. The average molecular weight is 457 g/mol. The second-order valence-corrected chi connectivity index (χ2v) is 8.76. The summed E-state index contributed by atoms with van der Waals surface area (Å²) >= 11 is 6.02. The molecule has 1 saturated carbocycles. The van der Waals surface area contributed by atoms with Crippen molar-refractivity contribution >= 4 is 23.4 Å². The van der Waals surface area contributed by atoms with Crippen LogP contribution in [0, 0.1) is 0 Å². The van der Waals surface area contributed by atoms with Gasteiger partial charge in [0.2, 0.25) is 11.8 Å². The lowest BCUT2D eigenvalue weighted by atomic mass is 10.1. The number of ether oxygens (including phenoxy) is 1. The number of nitrogens with one attached hydrogen (secondary N) is 1. The molecule has 0 radical (unpaired) electrons. The maximum atomic E-state index is 13.2. The molecular formula is C26H33ClN2O3. The molecule has 1 aliphatic carbocycles. The first-order valence-corrected chi connectivity index (χ1v) is 12.0. The molecule has 2 amide bonds. The van der Waals surface area contributed by atoms with Crippen LogP contribution in [0.3, 0.4) is 0 Å². The molecule has 172 valence electrons. The zero-order valence-corrected chi connectivity index (χ0v) is 19.5. The number of hydrogen-bond donors (Lipinski definition) is 1. The first kappa shape index (κ1) is 24.1. The smallest absolute Gasteiger partial charge is 0.243 e. The van der Waals surface area contributed by atoms with E-state index < -0.39 is 6.04 Å². The monoisotopic (exact) mass is 456 g/mol. The molecular weight excluding hydrogens is 424 g/mol. The minimum absolute atomic E-state index is 0.0370. The predicted octanol–water partition coefficient (Wildman–Crippen LogP) is 5.37. The summed E-state index contributed by atoms with van der Waals surface area (Å²) in [5.41, 5.74) is 0.954. The van der Waals surface area contributed by atoms with Crippen molar-refractivity contribution in [2.75, 3.05) is 6.61 Å². The predicted molar refractivity (Wildman–Crippen MR) is 128 cm³/mol. The van der Waals surface area contributed by atoms with Gasteiger partial charge >= 0.3 is 0 Å². The van der Waals surface area contributed by atoms with Crippen LogP contribution in [0.25, 0.3) is 0 Å². The fourth-order valence-electron chi connectivity index (χ4n) is 4.15. The van der Waals surface area contributed by atoms with Crippen LogP contribution in [0.2, 0.25) is 5.02 Å². The van der Waals surface area contributed by atoms with E-state index in [0.717, 1.165) is 37.0 Å². The van der Waals surface area contributed by atoms with Gasteiger partial charge in [-0.05, 0) is 55.5 Å². The van der Waals surface area contributed by atoms with E-state index in [1.807, 2.05) is 61.5 Å². The molecule has 1 aliphatic rings. The standard InChI is InChI=1S/C26H33ClN2O3/c1-2-24(26(31)28-22-9-6-7-10-22)29(19-20-14-16-21(27)17-15-20)25(30)13-8-18-32-23-11-4-3-5-12-23/h3-5,11-12,14-17,22,24H,2,6-10,13,18-19H2,1H3,(H,28,31). The van der Waals surface area contributed by atoms with Gasteiger partial charge in [-0.3, -0.25) is 9.59 Å². The molecule has 6 heteroatoms. The molecule has 32 heavy (non-hydrogen) atoms. The van der Waals surface area contributed by atoms with E-state index in [4.69, 9.17) is 16.3 Å². The van der Waals surface area contributed by atoms with Crippen LogP contribution >= 0.6 is 11.6 Å². The lowest BCUT2D eigenvalue weighted by molar-refractivity contribution is -0.141. The van der Waals surface area contributed by atoms with Crippen LogP contribution < -0.4 is 10.1 Å². The molecule has 2 aromatic rings. The maximum absolute atomic E-state index is 13.2. The Bertz CT molecular complexity index is 851. The van der Waals surface area contributed by atoms with Crippen molar-refractivity contribution in [3.05, 3.63) is 65.2 Å². The highest BCUT2D eigenvalue weighted by Crippen LogP contribution is 2.20. The Morgan fingerprint density at radius 2 is 1.78 bits per heavy atom. The zero-order chi connectivity index (χ0) is 22.8. The molecule has 3 rings (SSSR count). The molecule has 5 nitrogen and oxygen atoms in total. The summed E-state index contributed by atoms with van der Waals surface area (Å²) in [6, 6.07) is 16.7. The molecule has 0 bridgehead atoms. The molecule has 1 unspecified atom stereocenters. The Hall–Kier alpha value is -2.53. The number of halogens is 1. The number of para-hydroxylation sites is 1. The minimum atomic E-state index is -0.492. The second-order valence-electron chi connectivity index (χ2n) is 8.33. The summed E-state index contributed by atoms with van der Waals surface area (Å²) in [7, 11) is 0. The van der Waals surface area contributed by atoms with E-state index >= 15 is 0 Å². The first-order chi connectivity index (χ1) is 15.6. The van der Waals surface area contributed by atoms with Crippen LogP contribution in [0.5, 0.6) is 5.75 Å². The molecule has 0 heterocycles. The van der Waals surface area contributed by atoms with Crippen molar-refractivity contribution in [2.45, 2.75) is 70.5 Å². The highest BCUT2D eigenvalue weighted by Gasteiger charge is 2.30. The van der Waals surface area contributed by atoms with Gasteiger partial charge in [-0.25, -0.2) is 0 Å². The normalized spacial score (nSPS) is 14.7. The highest BCUT2D eigenvalue weighted by molar-refractivity contribution is 6.30. The number of nitrogens with zero attached hydrogens (tertiary/aromatic N) is 1. The number of carbonyl (C=O) groups is 2. The van der Waals surface area contributed by atoms with E-state index in [0.29, 0.717) is 37.4 Å². The van der Waals surface area contributed by atoms with E-state index in [1.165, 1.54) is 0 Å². The van der Waals surface area contributed by atoms with Crippen LogP contribution in [0.15, 0.2) is 54.6 Å². The van der Waals surface area contributed by atoms with Crippen LogP contribution in [-0.2, 0) is 16.1 Å². The van der Waals surface area contributed by atoms with Gasteiger partial charge in [0.25, 0.3) is 0 Å². The van der Waals surface area contributed by atoms with Crippen molar-refractivity contribution in [3.8, 4) is 5.75 Å². The SMILES string of the molecule is CCC(C(=O)NC1CCCC1)N(Cc1ccc(Cl)cc1)C(=O)CCCOc1ccccc1. The summed E-state index contributed by atoms with van der Waals surface area (Å²) in [6.07, 6.45) is 5.82. The number of hydrogen-bond acceptors (Lipinski definition) is 3. The quantitative estimate of drug-likeness (QED) is 0.463. The minimum Gasteiger partial charge on any atom is -0.494 e. The van der Waals surface area contributed by atoms with Crippen LogP contribution in [0.1, 0.15) is 57.4 Å². The van der Waals surface area contributed by atoms with Gasteiger partial charge in [0.15, 0.2) is 0 Å². The van der Waals surface area contributed by atoms with E-state index in [-0.39, 0.29) is 17.9 Å². The Kier molecular flexibility index (Phi) is 9.42. The maximum Gasteiger partial charge on any atom is 0.243 e. The third kappa shape index (κ3) is 7.27. The van der Waals surface area contributed by atoms with Crippen molar-refractivity contribution in [1.82, 2.24) is 10.2 Å². The number of rotatable bonds is 11. The second kappa shape index (κ2) is 12.5. The summed E-state index contributed by atoms with van der Waals surface area (Å²) < 4.78 is 5.73. The Morgan fingerprint density at radius 3 is 2.44 bits per heavy atom. The molecule has 2 aromatic carbocycles. The van der Waals surface area contributed by atoms with Gasteiger partial charge in [0, 0.05) is 24.0 Å². The average Bonchev–Trinajstić information content (AvgIpc) is 3.31. The topological polar surface area (TPSA) is 58.6 Å².